The van der Waals surface area contributed by atoms with Gasteiger partial charge in [-0.05, 0) is 42.7 Å². The van der Waals surface area contributed by atoms with Crippen molar-refractivity contribution in [2.24, 2.45) is 0 Å². The number of aliphatic hydroxyl groups excluding tert-OH is 1. The number of rotatable bonds is 9. The number of carbonyl (C=O) groups is 2. The first-order valence-electron chi connectivity index (χ1n) is 8.88. The number of likely N-dealkylation sites (tertiary alicyclic amines) is 1. The zero-order chi connectivity index (χ0) is 19.1. The fourth-order valence-electron chi connectivity index (χ4n) is 3.12. The predicted molar refractivity (Wildman–Crippen MR) is 98.0 cm³/mol. The highest BCUT2D eigenvalue weighted by Crippen LogP contribution is 2.27. The molecule has 7 nitrogen and oxygen atoms in total. The van der Waals surface area contributed by atoms with E-state index in [2.05, 4.69) is 5.09 Å². The van der Waals surface area contributed by atoms with E-state index in [0.717, 1.165) is 12.0 Å². The molecule has 2 unspecified atom stereocenters. The van der Waals surface area contributed by atoms with Crippen LogP contribution in [0.2, 0.25) is 0 Å². The van der Waals surface area contributed by atoms with E-state index in [1.807, 2.05) is 30.3 Å². The van der Waals surface area contributed by atoms with Crippen LogP contribution in [-0.4, -0.2) is 51.5 Å². The van der Waals surface area contributed by atoms with Gasteiger partial charge in [0.15, 0.2) is 0 Å². The van der Waals surface area contributed by atoms with E-state index in [1.165, 1.54) is 4.90 Å². The molecule has 0 saturated carbocycles. The predicted octanol–water partition coefficient (Wildman–Crippen LogP) is 2.12. The Bertz CT molecular complexity index is 640. The number of hydrogen-bond donors (Lipinski definition) is 3. The van der Waals surface area contributed by atoms with Gasteiger partial charge in [0.2, 0.25) is 5.91 Å². The van der Waals surface area contributed by atoms with Crippen LogP contribution in [0, 0.1) is 0 Å². The van der Waals surface area contributed by atoms with Crippen LogP contribution in [0.1, 0.15) is 38.2 Å². The molecule has 1 aromatic carbocycles. The molecule has 1 amide bonds. The molecule has 3 N–H and O–H groups in total. The second-order valence-electron chi connectivity index (χ2n) is 6.56. The van der Waals surface area contributed by atoms with E-state index < -0.39 is 37.8 Å². The maximum Gasteiger partial charge on any atom is 0.464 e. The third-order valence-electron chi connectivity index (χ3n) is 4.55. The molecule has 1 heterocycles. The molecule has 2 rings (SSSR count). The monoisotopic (exact) mass is 381 g/mol. The number of amides is 1. The van der Waals surface area contributed by atoms with Gasteiger partial charge in [-0.15, -0.1) is 0 Å². The number of benzene rings is 1. The number of carboxylic acids is 1. The Labute approximate surface area is 154 Å². The third-order valence-corrected chi connectivity index (χ3v) is 5.99. The second kappa shape index (κ2) is 9.76. The molecular formula is C18H26N2O5P+. The van der Waals surface area contributed by atoms with Crippen LogP contribution in [0.5, 0.6) is 0 Å². The Hall–Kier alpha value is -1.82. The molecule has 0 aliphatic carbocycles. The van der Waals surface area contributed by atoms with Gasteiger partial charge in [0, 0.05) is 13.0 Å². The lowest BCUT2D eigenvalue weighted by Crippen LogP contribution is -2.48. The van der Waals surface area contributed by atoms with Gasteiger partial charge >= 0.3 is 13.9 Å². The summed E-state index contributed by atoms with van der Waals surface area (Å²) >= 11 is 0. The quantitative estimate of drug-likeness (QED) is 0.566. The number of nitrogens with zero attached hydrogens (tertiary/aromatic N) is 1. The van der Waals surface area contributed by atoms with E-state index in [9.17, 15) is 19.3 Å². The molecule has 0 spiro atoms. The highest BCUT2D eigenvalue weighted by Gasteiger charge is 2.39. The fraction of sp³-hybridized carbons (Fsp3) is 0.556. The van der Waals surface area contributed by atoms with E-state index in [4.69, 9.17) is 5.11 Å². The molecule has 1 fully saturated rings. The Morgan fingerprint density at radius 1 is 1.35 bits per heavy atom. The minimum atomic E-state index is -2.18. The lowest BCUT2D eigenvalue weighted by molar-refractivity contribution is -0.148. The summed E-state index contributed by atoms with van der Waals surface area (Å²) < 4.78 is 12.2. The molecular weight excluding hydrogens is 355 g/mol. The van der Waals surface area contributed by atoms with E-state index in [-0.39, 0.29) is 0 Å². The molecule has 0 bridgehead atoms. The van der Waals surface area contributed by atoms with Crippen LogP contribution < -0.4 is 5.09 Å². The summed E-state index contributed by atoms with van der Waals surface area (Å²) in [5.74, 6) is -2.46. The van der Waals surface area contributed by atoms with Crippen LogP contribution >= 0.6 is 7.95 Å². The van der Waals surface area contributed by atoms with Crippen LogP contribution in [0.25, 0.3) is 0 Å². The highest BCUT2D eigenvalue weighted by molar-refractivity contribution is 7.43. The van der Waals surface area contributed by atoms with Gasteiger partial charge in [-0.2, -0.15) is 0 Å². The summed E-state index contributed by atoms with van der Waals surface area (Å²) in [7, 11) is -2.18. The van der Waals surface area contributed by atoms with Crippen LogP contribution in [-0.2, 0) is 20.6 Å². The summed E-state index contributed by atoms with van der Waals surface area (Å²) in [6.07, 6.45) is 2.90. The van der Waals surface area contributed by atoms with Crippen molar-refractivity contribution in [2.45, 2.75) is 57.0 Å². The van der Waals surface area contributed by atoms with E-state index in [0.29, 0.717) is 32.2 Å². The van der Waals surface area contributed by atoms with Crippen LogP contribution in [0.4, 0.5) is 0 Å². The molecule has 8 heteroatoms. The Kier molecular flexibility index (Phi) is 7.69. The van der Waals surface area contributed by atoms with Gasteiger partial charge in [0.25, 0.3) is 5.85 Å². The Morgan fingerprint density at radius 2 is 2.04 bits per heavy atom. The van der Waals surface area contributed by atoms with Gasteiger partial charge in [-0.1, -0.05) is 35.4 Å². The number of hydrogen-bond acceptors (Lipinski definition) is 4. The van der Waals surface area contributed by atoms with Crippen molar-refractivity contribution in [3.63, 3.8) is 0 Å². The number of carbonyl (C=O) groups excluding carboxylic acids is 1. The number of aliphatic carboxylic acids is 1. The average molecular weight is 381 g/mol. The largest absolute Gasteiger partial charge is 0.480 e. The first kappa shape index (κ1) is 20.5. The van der Waals surface area contributed by atoms with Gasteiger partial charge in [0.1, 0.15) is 12.1 Å². The zero-order valence-corrected chi connectivity index (χ0v) is 15.8. The second-order valence-corrected chi connectivity index (χ2v) is 8.07. The van der Waals surface area contributed by atoms with Crippen molar-refractivity contribution in [1.82, 2.24) is 9.99 Å². The van der Waals surface area contributed by atoms with Gasteiger partial charge in [-0.3, -0.25) is 4.79 Å². The summed E-state index contributed by atoms with van der Waals surface area (Å²) in [5.41, 5.74) is 1.15. The molecule has 1 aromatic rings. The summed E-state index contributed by atoms with van der Waals surface area (Å²) in [5, 5.41) is 21.9. The number of aryl methyl sites for hydroxylation is 1. The first-order chi connectivity index (χ1) is 12.4. The summed E-state index contributed by atoms with van der Waals surface area (Å²) in [6, 6.07) is 8.21. The minimum absolute atomic E-state index is 0.361. The zero-order valence-electron chi connectivity index (χ0n) is 14.9. The van der Waals surface area contributed by atoms with Crippen molar-refractivity contribution in [3.8, 4) is 0 Å². The molecule has 0 aromatic heterocycles. The van der Waals surface area contributed by atoms with Crippen molar-refractivity contribution >= 4 is 19.8 Å². The first-order valence-corrected chi connectivity index (χ1v) is 10.2. The maximum atomic E-state index is 12.4. The van der Waals surface area contributed by atoms with E-state index >= 15 is 0 Å². The number of aliphatic hydroxyl groups is 1. The summed E-state index contributed by atoms with van der Waals surface area (Å²) in [6.45, 7) is 1.93. The standard InChI is InChI=1S/C18H25N2O5P/c1-13(17(22)20-12-6-10-15(20)18(23)24)19-26(25)16(21)11-5-9-14-7-3-2-4-8-14/h2-4,7-8,13,15-16,21H,5-6,9-12H2,1H3,(H-,19,23,24,25)/p+1/t13-,15-,16?/m0/s1. The minimum Gasteiger partial charge on any atom is -0.480 e. The molecule has 26 heavy (non-hydrogen) atoms. The molecule has 4 atom stereocenters. The van der Waals surface area contributed by atoms with Gasteiger partial charge < -0.3 is 15.1 Å². The number of nitrogens with one attached hydrogen (secondary N) is 1. The third kappa shape index (κ3) is 5.59. The highest BCUT2D eigenvalue weighted by atomic mass is 31.1. The van der Waals surface area contributed by atoms with Gasteiger partial charge in [0.05, 0.1) is 0 Å². The number of carboxylic acid groups (broad SMARTS) is 1. The van der Waals surface area contributed by atoms with Crippen LogP contribution in [0.3, 0.4) is 0 Å². The lowest BCUT2D eigenvalue weighted by atomic mass is 10.1. The molecule has 1 aliphatic rings. The van der Waals surface area contributed by atoms with Crippen molar-refractivity contribution in [1.29, 1.82) is 0 Å². The molecule has 142 valence electrons. The maximum absolute atomic E-state index is 12.4. The molecule has 0 radical (unpaired) electrons. The topological polar surface area (TPSA) is 107 Å². The van der Waals surface area contributed by atoms with Crippen molar-refractivity contribution in [3.05, 3.63) is 35.9 Å². The Morgan fingerprint density at radius 3 is 2.69 bits per heavy atom. The smallest absolute Gasteiger partial charge is 0.464 e. The SMILES string of the molecule is C[C@H](N[P+](=O)C(O)CCCc1ccccc1)C(=O)N1CCC[C@H]1C(=O)O. The van der Waals surface area contributed by atoms with Crippen molar-refractivity contribution < 1.29 is 24.4 Å². The fourth-order valence-corrected chi connectivity index (χ4v) is 4.20. The Balaban J connectivity index is 1.78. The van der Waals surface area contributed by atoms with Crippen LogP contribution in [0.15, 0.2) is 30.3 Å². The van der Waals surface area contributed by atoms with Gasteiger partial charge in [-0.25, -0.2) is 4.79 Å². The molecule has 1 aliphatic heterocycles. The summed E-state index contributed by atoms with van der Waals surface area (Å²) in [4.78, 5) is 24.9. The normalized spacial score (nSPS) is 19.8. The van der Waals surface area contributed by atoms with E-state index in [1.54, 1.807) is 6.92 Å². The molecule has 1 saturated heterocycles. The lowest BCUT2D eigenvalue weighted by Gasteiger charge is -2.23. The average Bonchev–Trinajstić information content (AvgIpc) is 3.11. The van der Waals surface area contributed by atoms with Crippen molar-refractivity contribution in [2.75, 3.05) is 6.54 Å².